The van der Waals surface area contributed by atoms with Crippen LogP contribution >= 0.6 is 0 Å². The summed E-state index contributed by atoms with van der Waals surface area (Å²) in [7, 11) is 0. The van der Waals surface area contributed by atoms with Gasteiger partial charge in [-0.05, 0) is 29.8 Å². The van der Waals surface area contributed by atoms with Gasteiger partial charge in [-0.25, -0.2) is 18.1 Å². The second kappa shape index (κ2) is 6.90. The summed E-state index contributed by atoms with van der Waals surface area (Å²) in [6.07, 6.45) is -4.15. The summed E-state index contributed by atoms with van der Waals surface area (Å²) in [6, 6.07) is 8.54. The third-order valence-electron chi connectivity index (χ3n) is 3.77. The third-order valence-corrected chi connectivity index (χ3v) is 3.77. The van der Waals surface area contributed by atoms with Crippen LogP contribution in [0.25, 0.3) is 10.9 Å². The van der Waals surface area contributed by atoms with Crippen molar-refractivity contribution in [2.45, 2.75) is 12.8 Å². The molecule has 0 spiro atoms. The molecule has 0 saturated carbocycles. The Bertz CT molecular complexity index is 995. The topological polar surface area (TPSA) is 33.2 Å². The van der Waals surface area contributed by atoms with Crippen molar-refractivity contribution in [2.75, 3.05) is 0 Å². The highest BCUT2D eigenvalue weighted by Gasteiger charge is 2.41. The highest BCUT2D eigenvalue weighted by atomic mass is 19.4. The Kier molecular flexibility index (Phi) is 4.77. The second-order valence-corrected chi connectivity index (χ2v) is 5.65. The van der Waals surface area contributed by atoms with Gasteiger partial charge >= 0.3 is 6.30 Å². The average molecular weight is 384 g/mol. The van der Waals surface area contributed by atoms with E-state index in [1.165, 1.54) is 6.07 Å². The zero-order valence-electron chi connectivity index (χ0n) is 13.4. The lowest BCUT2D eigenvalue weighted by Crippen LogP contribution is -2.42. The van der Waals surface area contributed by atoms with Crippen LogP contribution in [-0.2, 0) is 6.54 Å². The fraction of sp³-hybridized carbons (Fsp3) is 0.111. The number of rotatable bonds is 3. The molecule has 0 saturated heterocycles. The quantitative estimate of drug-likeness (QED) is 0.369. The lowest BCUT2D eigenvalue weighted by molar-refractivity contribution is -0.228. The predicted molar refractivity (Wildman–Crippen MR) is 84.0 cm³/mol. The molecule has 3 aromatic rings. The third kappa shape index (κ3) is 3.86. The van der Waals surface area contributed by atoms with Gasteiger partial charge in [-0.1, -0.05) is 18.2 Å². The van der Waals surface area contributed by atoms with Crippen molar-refractivity contribution in [1.82, 2.24) is 9.88 Å². The summed E-state index contributed by atoms with van der Waals surface area (Å²) in [5.74, 6) is -6.55. The maximum absolute atomic E-state index is 13.4. The first-order chi connectivity index (χ1) is 12.7. The van der Waals surface area contributed by atoms with Crippen molar-refractivity contribution in [3.05, 3.63) is 77.2 Å². The van der Waals surface area contributed by atoms with Gasteiger partial charge in [-0.2, -0.15) is 0 Å². The van der Waals surface area contributed by atoms with Crippen molar-refractivity contribution in [3.63, 3.8) is 0 Å². The first kappa shape index (κ1) is 18.7. The highest BCUT2D eigenvalue weighted by Crippen LogP contribution is 2.27. The van der Waals surface area contributed by atoms with Crippen LogP contribution < -0.4 is 0 Å². The molecule has 0 N–H and O–H groups in total. The van der Waals surface area contributed by atoms with Gasteiger partial charge in [0, 0.05) is 11.6 Å². The van der Waals surface area contributed by atoms with Gasteiger partial charge in [0.05, 0.1) is 17.6 Å². The van der Waals surface area contributed by atoms with Crippen LogP contribution in [-0.4, -0.2) is 22.1 Å². The van der Waals surface area contributed by atoms with E-state index >= 15 is 0 Å². The molecule has 1 aromatic heterocycles. The maximum Gasteiger partial charge on any atom is 0.487 e. The molecule has 0 aliphatic rings. The number of nitrogens with zero attached hydrogens (tertiary/aromatic N) is 2. The minimum absolute atomic E-state index is 0.353. The van der Waals surface area contributed by atoms with Crippen molar-refractivity contribution < 1.29 is 31.1 Å². The van der Waals surface area contributed by atoms with Gasteiger partial charge < -0.3 is 0 Å². The van der Waals surface area contributed by atoms with E-state index < -0.39 is 46.7 Å². The molecule has 27 heavy (non-hydrogen) atoms. The molecule has 0 atom stereocenters. The smallest absolute Gasteiger partial charge is 0.269 e. The second-order valence-electron chi connectivity index (χ2n) is 5.65. The number of halogens is 6. The minimum Gasteiger partial charge on any atom is -0.269 e. The number of fused-ring (bicyclic) bond motifs is 1. The van der Waals surface area contributed by atoms with Crippen LogP contribution in [0.1, 0.15) is 15.9 Å². The molecular weight excluding hydrogens is 374 g/mol. The summed E-state index contributed by atoms with van der Waals surface area (Å²) in [4.78, 5) is 15.8. The van der Waals surface area contributed by atoms with E-state index in [-0.39, 0.29) is 5.56 Å². The van der Waals surface area contributed by atoms with Gasteiger partial charge in [-0.15, -0.1) is 13.2 Å². The largest absolute Gasteiger partial charge is 0.487 e. The first-order valence-electron chi connectivity index (χ1n) is 7.53. The van der Waals surface area contributed by atoms with Gasteiger partial charge in [0.15, 0.2) is 17.5 Å². The Morgan fingerprint density at radius 1 is 1.00 bits per heavy atom. The number of alkyl halides is 3. The van der Waals surface area contributed by atoms with Crippen LogP contribution in [0.4, 0.5) is 26.3 Å². The predicted octanol–water partition coefficient (Wildman–Crippen LogP) is 4.81. The van der Waals surface area contributed by atoms with Crippen LogP contribution in [0.3, 0.4) is 0 Å². The number of hydrogen-bond acceptors (Lipinski definition) is 2. The van der Waals surface area contributed by atoms with Crippen LogP contribution in [0, 0.1) is 17.5 Å². The van der Waals surface area contributed by atoms with Crippen molar-refractivity contribution in [1.29, 1.82) is 0 Å². The number of benzene rings is 2. The molecule has 0 fully saturated rings. The van der Waals surface area contributed by atoms with E-state index in [2.05, 4.69) is 4.98 Å². The Morgan fingerprint density at radius 2 is 1.63 bits per heavy atom. The van der Waals surface area contributed by atoms with Gasteiger partial charge in [-0.3, -0.25) is 9.78 Å². The maximum atomic E-state index is 13.4. The number of amides is 1. The summed E-state index contributed by atoms with van der Waals surface area (Å²) < 4.78 is 79.6. The first-order valence-corrected chi connectivity index (χ1v) is 7.53. The van der Waals surface area contributed by atoms with E-state index in [1.54, 1.807) is 24.3 Å². The molecule has 0 bridgehead atoms. The molecular formula is C18H10F6N2O. The summed E-state index contributed by atoms with van der Waals surface area (Å²) in [6.45, 7) is -1.19. The molecule has 1 heterocycles. The summed E-state index contributed by atoms with van der Waals surface area (Å²) in [5, 5.41) is 0.448. The molecule has 0 aliphatic heterocycles. The summed E-state index contributed by atoms with van der Waals surface area (Å²) >= 11 is 0. The molecule has 0 unspecified atom stereocenters. The molecule has 140 valence electrons. The number of pyridine rings is 1. The molecule has 0 radical (unpaired) electrons. The standard InChI is InChI=1S/C18H10F6N2O/c19-13-5-10(6-14(20)16(13)21)9-26(18(22,23)24)17(27)12-7-11-3-1-2-4-15(11)25-8-12/h1-8H,9H2. The number of aromatic nitrogens is 1. The van der Waals surface area contributed by atoms with Crippen molar-refractivity contribution in [2.24, 2.45) is 0 Å². The number of carbonyl (C=O) groups excluding carboxylic acids is 1. The van der Waals surface area contributed by atoms with E-state index in [0.717, 1.165) is 6.20 Å². The van der Waals surface area contributed by atoms with Gasteiger partial charge in [0.25, 0.3) is 5.91 Å². The molecule has 3 rings (SSSR count). The number of hydrogen-bond donors (Lipinski definition) is 0. The zero-order chi connectivity index (χ0) is 19.8. The molecule has 1 amide bonds. The Balaban J connectivity index is 1.98. The number of para-hydroxylation sites is 1. The van der Waals surface area contributed by atoms with Crippen molar-refractivity contribution in [3.8, 4) is 0 Å². The summed E-state index contributed by atoms with van der Waals surface area (Å²) in [5.41, 5.74) is -0.421. The monoisotopic (exact) mass is 384 g/mol. The fourth-order valence-corrected chi connectivity index (χ4v) is 2.50. The Hall–Kier alpha value is -3.10. The van der Waals surface area contributed by atoms with Gasteiger partial charge in [0.1, 0.15) is 0 Å². The van der Waals surface area contributed by atoms with E-state index in [9.17, 15) is 31.1 Å². The fourth-order valence-electron chi connectivity index (χ4n) is 2.50. The lowest BCUT2D eigenvalue weighted by atomic mass is 10.1. The van der Waals surface area contributed by atoms with Crippen LogP contribution in [0.15, 0.2) is 48.7 Å². The number of carbonyl (C=O) groups is 1. The van der Waals surface area contributed by atoms with E-state index in [0.29, 0.717) is 23.0 Å². The zero-order valence-corrected chi connectivity index (χ0v) is 13.4. The Morgan fingerprint density at radius 3 is 2.26 bits per heavy atom. The normalized spacial score (nSPS) is 11.6. The SMILES string of the molecule is O=C(c1cnc2ccccc2c1)N(Cc1cc(F)c(F)c(F)c1)C(F)(F)F. The molecule has 3 nitrogen and oxygen atoms in total. The lowest BCUT2D eigenvalue weighted by Gasteiger charge is -2.25. The minimum atomic E-state index is -5.13. The van der Waals surface area contributed by atoms with E-state index in [4.69, 9.17) is 0 Å². The van der Waals surface area contributed by atoms with E-state index in [1.807, 2.05) is 0 Å². The van der Waals surface area contributed by atoms with Crippen LogP contribution in [0.5, 0.6) is 0 Å². The molecule has 9 heteroatoms. The van der Waals surface area contributed by atoms with Crippen LogP contribution in [0.2, 0.25) is 0 Å². The average Bonchev–Trinajstić information content (AvgIpc) is 2.62. The Labute approximate surface area is 148 Å². The molecule has 0 aliphatic carbocycles. The molecule has 2 aromatic carbocycles. The highest BCUT2D eigenvalue weighted by molar-refractivity contribution is 5.97. The van der Waals surface area contributed by atoms with Gasteiger partial charge in [0.2, 0.25) is 0 Å². The van der Waals surface area contributed by atoms with Crippen molar-refractivity contribution >= 4 is 16.8 Å².